The van der Waals surface area contributed by atoms with Gasteiger partial charge in [0, 0.05) is 5.69 Å². The molecule has 0 saturated heterocycles. The van der Waals surface area contributed by atoms with Gasteiger partial charge in [-0.2, -0.15) is 0 Å². The van der Waals surface area contributed by atoms with Crippen molar-refractivity contribution in [1.82, 2.24) is 0 Å². The van der Waals surface area contributed by atoms with Gasteiger partial charge in [-0.05, 0) is 31.5 Å². The summed E-state index contributed by atoms with van der Waals surface area (Å²) in [7, 11) is 0. The van der Waals surface area contributed by atoms with E-state index < -0.39 is 17.7 Å². The fourth-order valence-electron chi connectivity index (χ4n) is 2.05. The lowest BCUT2D eigenvalue weighted by molar-refractivity contribution is 0.0830. The summed E-state index contributed by atoms with van der Waals surface area (Å²) in [6.07, 6.45) is -0.666. The Balaban J connectivity index is 2.52. The zero-order chi connectivity index (χ0) is 11.9. The van der Waals surface area contributed by atoms with Gasteiger partial charge in [0.1, 0.15) is 0 Å². The summed E-state index contributed by atoms with van der Waals surface area (Å²) in [5.41, 5.74) is 7.79. The molecule has 2 rings (SSSR count). The van der Waals surface area contributed by atoms with Crippen LogP contribution in [-0.4, -0.2) is 16.7 Å². The molecule has 0 unspecified atom stereocenters. The highest BCUT2D eigenvalue weighted by Gasteiger charge is 2.38. The van der Waals surface area contributed by atoms with E-state index in [2.05, 4.69) is 10.2 Å². The molecule has 2 atom stereocenters. The molecule has 1 heterocycles. The Bertz CT molecular complexity index is 462. The van der Waals surface area contributed by atoms with Crippen molar-refractivity contribution in [3.63, 3.8) is 0 Å². The Labute approximate surface area is 94.9 Å². The molecule has 4 heteroatoms. The Morgan fingerprint density at radius 2 is 2.19 bits per heavy atom. The second-order valence-electron chi connectivity index (χ2n) is 4.70. The monoisotopic (exact) mass is 217 g/mol. The van der Waals surface area contributed by atoms with Gasteiger partial charge < -0.3 is 16.2 Å². The van der Waals surface area contributed by atoms with Gasteiger partial charge in [-0.1, -0.05) is 6.07 Å². The standard InChI is InChI=1S/C12H15N3O/c1-12(2)11(16)10(13)8-6-7(14-3)4-5-9(8)15-12/h4-6,10-11,15-16H,13H2,1-2H3/t10-,11+/m1/s1. The van der Waals surface area contributed by atoms with Gasteiger partial charge >= 0.3 is 0 Å². The molecule has 4 nitrogen and oxygen atoms in total. The Morgan fingerprint density at radius 1 is 1.50 bits per heavy atom. The van der Waals surface area contributed by atoms with Crippen LogP contribution in [-0.2, 0) is 0 Å². The highest BCUT2D eigenvalue weighted by Crippen LogP contribution is 2.38. The minimum absolute atomic E-state index is 0.451. The molecule has 16 heavy (non-hydrogen) atoms. The van der Waals surface area contributed by atoms with Crippen molar-refractivity contribution in [1.29, 1.82) is 0 Å². The smallest absolute Gasteiger partial charge is 0.187 e. The third-order valence-corrected chi connectivity index (χ3v) is 3.06. The number of hydrogen-bond donors (Lipinski definition) is 3. The summed E-state index contributed by atoms with van der Waals surface area (Å²) in [6.45, 7) is 10.8. The molecule has 1 aromatic carbocycles. The first-order chi connectivity index (χ1) is 7.45. The number of anilines is 1. The van der Waals surface area contributed by atoms with Gasteiger partial charge in [-0.15, -0.1) is 0 Å². The summed E-state index contributed by atoms with van der Waals surface area (Å²) < 4.78 is 0. The van der Waals surface area contributed by atoms with Crippen LogP contribution in [0.3, 0.4) is 0 Å². The predicted octanol–water partition coefficient (Wildman–Crippen LogP) is 1.80. The lowest BCUT2D eigenvalue weighted by Gasteiger charge is -2.42. The maximum absolute atomic E-state index is 10.1. The second-order valence-corrected chi connectivity index (χ2v) is 4.70. The predicted molar refractivity (Wildman–Crippen MR) is 63.3 cm³/mol. The number of hydrogen-bond acceptors (Lipinski definition) is 3. The average Bonchev–Trinajstić information content (AvgIpc) is 2.25. The van der Waals surface area contributed by atoms with E-state index in [0.29, 0.717) is 5.69 Å². The molecule has 0 aromatic heterocycles. The first kappa shape index (κ1) is 10.9. The van der Waals surface area contributed by atoms with Gasteiger partial charge in [0.15, 0.2) is 5.69 Å². The highest BCUT2D eigenvalue weighted by atomic mass is 16.3. The second kappa shape index (κ2) is 3.48. The van der Waals surface area contributed by atoms with Gasteiger partial charge in [-0.3, -0.25) is 0 Å². The number of nitrogens with two attached hydrogens (primary N) is 1. The number of aliphatic hydroxyl groups is 1. The van der Waals surface area contributed by atoms with Gasteiger partial charge in [0.05, 0.1) is 24.3 Å². The van der Waals surface area contributed by atoms with E-state index >= 15 is 0 Å². The number of fused-ring (bicyclic) bond motifs is 1. The Morgan fingerprint density at radius 3 is 2.81 bits per heavy atom. The molecule has 0 saturated carbocycles. The van der Waals surface area contributed by atoms with Gasteiger partial charge in [-0.25, -0.2) is 4.85 Å². The number of aliphatic hydroxyl groups excluding tert-OH is 1. The largest absolute Gasteiger partial charge is 0.389 e. The molecule has 1 aliphatic rings. The zero-order valence-corrected chi connectivity index (χ0v) is 9.36. The van der Waals surface area contributed by atoms with Gasteiger partial charge in [0.25, 0.3) is 0 Å². The molecule has 0 bridgehead atoms. The molecule has 0 fully saturated rings. The SMILES string of the molecule is [C-]#[N+]c1ccc2c(c1)[C@@H](N)[C@H](O)C(C)(C)N2. The van der Waals surface area contributed by atoms with Crippen molar-refractivity contribution in [2.45, 2.75) is 31.5 Å². The molecule has 0 amide bonds. The van der Waals surface area contributed by atoms with E-state index in [-0.39, 0.29) is 0 Å². The normalized spacial score (nSPS) is 26.4. The molecular weight excluding hydrogens is 202 g/mol. The molecule has 1 aliphatic heterocycles. The van der Waals surface area contributed by atoms with Crippen LogP contribution in [0.15, 0.2) is 18.2 Å². The summed E-state index contributed by atoms with van der Waals surface area (Å²) in [4.78, 5) is 3.36. The third-order valence-electron chi connectivity index (χ3n) is 3.06. The highest BCUT2D eigenvalue weighted by molar-refractivity contribution is 5.64. The maximum Gasteiger partial charge on any atom is 0.187 e. The molecule has 1 aromatic rings. The Kier molecular flexibility index (Phi) is 2.38. The molecule has 0 radical (unpaired) electrons. The zero-order valence-electron chi connectivity index (χ0n) is 9.36. The topological polar surface area (TPSA) is 62.6 Å². The summed E-state index contributed by atoms with van der Waals surface area (Å²) in [6, 6.07) is 4.88. The van der Waals surface area contributed by atoms with Crippen molar-refractivity contribution in [2.24, 2.45) is 5.73 Å². The van der Waals surface area contributed by atoms with E-state index in [0.717, 1.165) is 11.3 Å². The van der Waals surface area contributed by atoms with Crippen molar-refractivity contribution in [2.75, 3.05) is 5.32 Å². The van der Waals surface area contributed by atoms with Crippen molar-refractivity contribution in [3.8, 4) is 0 Å². The first-order valence-electron chi connectivity index (χ1n) is 5.19. The van der Waals surface area contributed by atoms with Crippen molar-refractivity contribution < 1.29 is 5.11 Å². The van der Waals surface area contributed by atoms with Crippen LogP contribution in [0.5, 0.6) is 0 Å². The number of rotatable bonds is 0. The molecule has 84 valence electrons. The summed E-state index contributed by atoms with van der Waals surface area (Å²) >= 11 is 0. The average molecular weight is 217 g/mol. The summed E-state index contributed by atoms with van der Waals surface area (Å²) in [5, 5.41) is 13.3. The first-order valence-corrected chi connectivity index (χ1v) is 5.19. The number of nitrogens with zero attached hydrogens (tertiary/aromatic N) is 1. The number of nitrogens with one attached hydrogen (secondary N) is 1. The van der Waals surface area contributed by atoms with E-state index in [4.69, 9.17) is 12.3 Å². The lowest BCUT2D eigenvalue weighted by Crippen LogP contribution is -2.52. The van der Waals surface area contributed by atoms with Gasteiger partial charge in [0.2, 0.25) is 0 Å². The van der Waals surface area contributed by atoms with E-state index in [1.165, 1.54) is 0 Å². The van der Waals surface area contributed by atoms with Crippen LogP contribution in [0.4, 0.5) is 11.4 Å². The minimum Gasteiger partial charge on any atom is -0.389 e. The fourth-order valence-corrected chi connectivity index (χ4v) is 2.05. The van der Waals surface area contributed by atoms with E-state index in [9.17, 15) is 5.11 Å². The third kappa shape index (κ3) is 1.54. The fraction of sp³-hybridized carbons (Fsp3) is 0.417. The minimum atomic E-state index is -0.666. The number of benzene rings is 1. The molecule has 0 spiro atoms. The molecule has 0 aliphatic carbocycles. The molecular formula is C12H15N3O. The maximum atomic E-state index is 10.1. The van der Waals surface area contributed by atoms with Crippen LogP contribution >= 0.6 is 0 Å². The van der Waals surface area contributed by atoms with Crippen LogP contribution in [0.1, 0.15) is 25.5 Å². The van der Waals surface area contributed by atoms with E-state index in [1.807, 2.05) is 19.9 Å². The lowest BCUT2D eigenvalue weighted by atomic mass is 9.83. The van der Waals surface area contributed by atoms with Crippen LogP contribution < -0.4 is 11.1 Å². The van der Waals surface area contributed by atoms with Crippen LogP contribution in [0, 0.1) is 6.57 Å². The van der Waals surface area contributed by atoms with E-state index in [1.54, 1.807) is 12.1 Å². The quantitative estimate of drug-likeness (QED) is 0.581. The summed E-state index contributed by atoms with van der Waals surface area (Å²) in [5.74, 6) is 0. The van der Waals surface area contributed by atoms with Crippen molar-refractivity contribution >= 4 is 11.4 Å². The van der Waals surface area contributed by atoms with Crippen LogP contribution in [0.25, 0.3) is 4.85 Å². The van der Waals surface area contributed by atoms with Crippen molar-refractivity contribution in [3.05, 3.63) is 35.2 Å². The molecule has 4 N–H and O–H groups in total. The Hall–Kier alpha value is -1.57. The van der Waals surface area contributed by atoms with Crippen LogP contribution in [0.2, 0.25) is 0 Å².